The van der Waals surface area contributed by atoms with Gasteiger partial charge in [-0.1, -0.05) is 99.5 Å². The van der Waals surface area contributed by atoms with Crippen molar-refractivity contribution in [3.8, 4) is 40.0 Å². The van der Waals surface area contributed by atoms with E-state index < -0.39 is 11.1 Å². The number of fused-ring (bicyclic) bond motifs is 2. The van der Waals surface area contributed by atoms with Gasteiger partial charge in [0.15, 0.2) is 11.1 Å². The van der Waals surface area contributed by atoms with Crippen LogP contribution in [0.1, 0.15) is 116 Å². The second-order valence-corrected chi connectivity index (χ2v) is 20.6. The Kier molecular flexibility index (Phi) is 13.4. The first-order chi connectivity index (χ1) is 33.2. The molecule has 6 aromatic rings. The molecule has 0 aliphatic heterocycles. The lowest BCUT2D eigenvalue weighted by molar-refractivity contribution is -0.161. The largest absolute Gasteiger partial charge is 0.497 e. The van der Waals surface area contributed by atoms with E-state index in [1.807, 2.05) is 78.9 Å². The third-order valence-electron chi connectivity index (χ3n) is 16.0. The Bertz CT molecular complexity index is 2800. The summed E-state index contributed by atoms with van der Waals surface area (Å²) in [6.07, 6.45) is 16.1. The Labute approximate surface area is 409 Å². The number of benzene rings is 4. The predicted molar refractivity (Wildman–Crippen MR) is 270 cm³/mol. The molecular formula is C55H64Cl2N6O5. The van der Waals surface area contributed by atoms with E-state index in [4.69, 9.17) is 47.4 Å². The number of nitrogens with zero attached hydrogens (tertiary/aromatic N) is 4. The molecule has 4 fully saturated rings. The highest BCUT2D eigenvalue weighted by Gasteiger charge is 2.71. The Hall–Kier alpha value is -5.26. The maximum absolute atomic E-state index is 17.6. The molecule has 2 N–H and O–H groups in total. The monoisotopic (exact) mass is 958 g/mol. The number of aromatic nitrogens is 4. The summed E-state index contributed by atoms with van der Waals surface area (Å²) in [6, 6.07) is 25.1. The van der Waals surface area contributed by atoms with Gasteiger partial charge in [0.1, 0.15) is 28.9 Å². The number of nitrogens with one attached hydrogen (secondary N) is 2. The number of hydrogen-bond donors (Lipinski definition) is 2. The zero-order valence-corrected chi connectivity index (χ0v) is 41.1. The van der Waals surface area contributed by atoms with E-state index in [0.29, 0.717) is 92.3 Å². The minimum atomic E-state index is -1.70. The zero-order chi connectivity index (χ0) is 47.0. The molecule has 358 valence electrons. The molecule has 2 atom stereocenters. The molecule has 4 aliphatic rings. The summed E-state index contributed by atoms with van der Waals surface area (Å²) in [7, 11) is 4.93. The molecule has 2 heterocycles. The Morgan fingerprint density at radius 2 is 1.00 bits per heavy atom. The van der Waals surface area contributed by atoms with Gasteiger partial charge in [-0.25, -0.2) is 9.97 Å². The zero-order valence-electron chi connectivity index (χ0n) is 39.6. The molecule has 2 aromatic heterocycles. The molecule has 0 spiro atoms. The minimum Gasteiger partial charge on any atom is -0.497 e. The number of rotatable bonds is 14. The van der Waals surface area contributed by atoms with E-state index in [-0.39, 0.29) is 35.7 Å². The number of hydrogen-bond acceptors (Lipinski definition) is 7. The molecule has 68 heavy (non-hydrogen) atoms. The molecule has 11 nitrogen and oxygen atoms in total. The van der Waals surface area contributed by atoms with Gasteiger partial charge in [0.05, 0.1) is 48.4 Å². The van der Waals surface area contributed by atoms with Crippen molar-refractivity contribution in [2.45, 2.75) is 139 Å². The third-order valence-corrected chi connectivity index (χ3v) is 16.5. The van der Waals surface area contributed by atoms with E-state index in [1.54, 1.807) is 21.3 Å². The molecule has 0 saturated heterocycles. The second kappa shape index (κ2) is 19.6. The standard InChI is InChI=1S/C55H64Cl2N6O5/c1-66-42-26-28-45-47(33-42)62(50(60-45)35-15-14-20-39(56)31-35)54(37-16-6-4-7-17-37,52(64)59-41-23-12-13-24-41)55(38-18-10-11-19-38,53(65)58-40-21-8-5-9-22-40)63-48-34-43(67-2)27-29-46(48)61-51(63)36-25-30-49(68-3)44(57)32-36/h14-15,20,25-34,37-38,40-41H,4-13,16-19,21-24H2,1-3H3,(H,58,65)(H,59,64). The number of carbonyl (C=O) groups excluding carboxylic acids is 2. The fraction of sp³-hybridized carbons (Fsp3) is 0.491. The van der Waals surface area contributed by atoms with Gasteiger partial charge in [-0.3, -0.25) is 9.59 Å². The highest BCUT2D eigenvalue weighted by molar-refractivity contribution is 6.32. The smallest absolute Gasteiger partial charge is 0.249 e. The van der Waals surface area contributed by atoms with Gasteiger partial charge in [0, 0.05) is 40.4 Å². The second-order valence-electron chi connectivity index (χ2n) is 19.7. The Balaban J connectivity index is 1.46. The van der Waals surface area contributed by atoms with Gasteiger partial charge in [-0.05, 0) is 118 Å². The Morgan fingerprint density at radius 1 is 0.544 bits per heavy atom. The number of halogens is 2. The summed E-state index contributed by atoms with van der Waals surface area (Å²) in [5.74, 6) is 1.80. The average molecular weight is 960 g/mol. The van der Waals surface area contributed by atoms with Crippen LogP contribution in [0.2, 0.25) is 10.0 Å². The number of methoxy groups -OCH3 is 3. The highest BCUT2D eigenvalue weighted by Crippen LogP contribution is 2.60. The van der Waals surface area contributed by atoms with E-state index in [1.165, 1.54) is 0 Å². The van der Waals surface area contributed by atoms with Crippen LogP contribution in [0.4, 0.5) is 0 Å². The third kappa shape index (κ3) is 7.99. The van der Waals surface area contributed by atoms with Gasteiger partial charge in [-0.15, -0.1) is 0 Å². The van der Waals surface area contributed by atoms with Crippen LogP contribution in [0.25, 0.3) is 44.8 Å². The summed E-state index contributed by atoms with van der Waals surface area (Å²) in [4.78, 5) is 46.1. The van der Waals surface area contributed by atoms with Gasteiger partial charge < -0.3 is 34.0 Å². The van der Waals surface area contributed by atoms with Crippen molar-refractivity contribution in [1.82, 2.24) is 29.7 Å². The molecule has 13 heteroatoms. The van der Waals surface area contributed by atoms with Crippen LogP contribution < -0.4 is 24.8 Å². The molecule has 2 unspecified atom stereocenters. The van der Waals surface area contributed by atoms with Crippen molar-refractivity contribution in [3.05, 3.63) is 88.9 Å². The number of ether oxygens (including phenoxy) is 3. The summed E-state index contributed by atoms with van der Waals surface area (Å²) >= 11 is 14.0. The lowest BCUT2D eigenvalue weighted by atomic mass is 9.57. The molecule has 10 rings (SSSR count). The summed E-state index contributed by atoms with van der Waals surface area (Å²) in [5.41, 5.74) is 0.799. The molecule has 0 radical (unpaired) electrons. The Morgan fingerprint density at radius 3 is 1.46 bits per heavy atom. The van der Waals surface area contributed by atoms with Crippen molar-refractivity contribution in [1.29, 1.82) is 0 Å². The summed E-state index contributed by atoms with van der Waals surface area (Å²) < 4.78 is 22.2. The van der Waals surface area contributed by atoms with Crippen molar-refractivity contribution < 1.29 is 23.8 Å². The van der Waals surface area contributed by atoms with Crippen molar-refractivity contribution >= 4 is 57.1 Å². The summed E-state index contributed by atoms with van der Waals surface area (Å²) in [6.45, 7) is 0. The number of carbonyl (C=O) groups is 2. The van der Waals surface area contributed by atoms with Gasteiger partial charge in [0.25, 0.3) is 0 Å². The molecule has 4 aliphatic carbocycles. The molecular weight excluding hydrogens is 896 g/mol. The van der Waals surface area contributed by atoms with E-state index in [0.717, 1.165) is 95.5 Å². The summed E-state index contributed by atoms with van der Waals surface area (Å²) in [5, 5.41) is 8.52. The van der Waals surface area contributed by atoms with Crippen LogP contribution in [0.15, 0.2) is 78.9 Å². The lowest BCUT2D eigenvalue weighted by Crippen LogP contribution is -2.75. The fourth-order valence-corrected chi connectivity index (χ4v) is 13.4. The predicted octanol–water partition coefficient (Wildman–Crippen LogP) is 12.4. The van der Waals surface area contributed by atoms with Crippen molar-refractivity contribution in [2.24, 2.45) is 11.8 Å². The molecule has 2 amide bonds. The van der Waals surface area contributed by atoms with Crippen molar-refractivity contribution in [3.63, 3.8) is 0 Å². The van der Waals surface area contributed by atoms with E-state index in [2.05, 4.69) is 19.8 Å². The maximum Gasteiger partial charge on any atom is 0.249 e. The lowest BCUT2D eigenvalue weighted by Gasteiger charge is -2.58. The number of imidazole rings is 2. The first-order valence-electron chi connectivity index (χ1n) is 25.1. The minimum absolute atomic E-state index is 0.0772. The van der Waals surface area contributed by atoms with Crippen LogP contribution in [0, 0.1) is 11.8 Å². The van der Waals surface area contributed by atoms with Gasteiger partial charge >= 0.3 is 0 Å². The van der Waals surface area contributed by atoms with Crippen LogP contribution >= 0.6 is 23.2 Å². The molecule has 4 aromatic carbocycles. The first kappa shape index (κ1) is 46.5. The van der Waals surface area contributed by atoms with Crippen LogP contribution in [0.5, 0.6) is 17.2 Å². The topological polar surface area (TPSA) is 122 Å². The van der Waals surface area contributed by atoms with Crippen molar-refractivity contribution in [2.75, 3.05) is 21.3 Å². The van der Waals surface area contributed by atoms with Gasteiger partial charge in [0.2, 0.25) is 11.8 Å². The average Bonchev–Trinajstić information content (AvgIpc) is 4.22. The normalized spacial score (nSPS) is 19.5. The van der Waals surface area contributed by atoms with E-state index >= 15 is 9.59 Å². The van der Waals surface area contributed by atoms with Crippen LogP contribution in [-0.4, -0.2) is 64.3 Å². The molecule has 0 bridgehead atoms. The maximum atomic E-state index is 17.6. The highest BCUT2D eigenvalue weighted by atomic mass is 35.5. The SMILES string of the molecule is COc1ccc2nc(-c3cccc(Cl)c3)n(C(C(=O)NC3CCCC3)(C3CCCCC3)C(C(=O)NC3CCCCC3)(C3CCCC3)n3c(-c4ccc(OC)c(Cl)c4)nc4ccc(OC)cc43)c2c1. The quantitative estimate of drug-likeness (QED) is 0.111. The van der Waals surface area contributed by atoms with Crippen LogP contribution in [-0.2, 0) is 20.7 Å². The van der Waals surface area contributed by atoms with Gasteiger partial charge in [-0.2, -0.15) is 0 Å². The first-order valence-corrected chi connectivity index (χ1v) is 25.8. The molecule has 4 saturated carbocycles. The van der Waals surface area contributed by atoms with Crippen LogP contribution in [0.3, 0.4) is 0 Å². The number of amides is 2. The van der Waals surface area contributed by atoms with E-state index in [9.17, 15) is 0 Å². The fourth-order valence-electron chi connectivity index (χ4n) is 12.9.